The lowest BCUT2D eigenvalue weighted by molar-refractivity contribution is 0.394. The molecule has 0 spiro atoms. The molecule has 5 nitrogen and oxygen atoms in total. The fourth-order valence-electron chi connectivity index (χ4n) is 1.27. The number of methoxy groups -OCH3 is 1. The number of aromatic nitrogens is 2. The third kappa shape index (κ3) is 6.73. The van der Waals surface area contributed by atoms with Crippen LogP contribution >= 0.6 is 0 Å². The van der Waals surface area contributed by atoms with Gasteiger partial charge in [-0.2, -0.15) is 4.98 Å². The van der Waals surface area contributed by atoms with E-state index >= 15 is 0 Å². The Balaban J connectivity index is 0.000000306. The Bertz CT molecular complexity index is 293. The van der Waals surface area contributed by atoms with Crippen molar-refractivity contribution in [2.24, 2.45) is 0 Å². The van der Waals surface area contributed by atoms with E-state index in [2.05, 4.69) is 15.3 Å². The van der Waals surface area contributed by atoms with Crippen molar-refractivity contribution in [1.29, 1.82) is 0 Å². The zero-order valence-electron chi connectivity index (χ0n) is 11.3. The number of aryl methyl sites for hydroxylation is 1. The second-order valence-corrected chi connectivity index (χ2v) is 3.38. The number of nitrogens with two attached hydrogens (primary N) is 1. The smallest absolute Gasteiger partial charge is 0.223 e. The van der Waals surface area contributed by atoms with Crippen molar-refractivity contribution in [2.45, 2.75) is 33.6 Å². The van der Waals surface area contributed by atoms with Crippen LogP contribution in [-0.2, 0) is 0 Å². The second kappa shape index (κ2) is 9.84. The molecule has 1 fully saturated rings. The van der Waals surface area contributed by atoms with E-state index in [9.17, 15) is 0 Å². The molecule has 0 unspecified atom stereocenters. The molecular formula is C12H24N4O. The maximum atomic E-state index is 5.30. The largest absolute Gasteiger partial charge is 0.481 e. The van der Waals surface area contributed by atoms with E-state index in [0.717, 1.165) is 5.56 Å². The lowest BCUT2D eigenvalue weighted by Gasteiger charge is -2.01. The van der Waals surface area contributed by atoms with Crippen molar-refractivity contribution in [3.8, 4) is 5.88 Å². The number of ether oxygens (including phenoxy) is 1. The number of hydrogen-bond acceptors (Lipinski definition) is 5. The predicted octanol–water partition coefficient (Wildman–Crippen LogP) is 1.77. The molecular weight excluding hydrogens is 216 g/mol. The SMILES string of the molecule is C1CCNC1.CC.COc1nc(N)ncc1C. The molecule has 2 rings (SSSR count). The van der Waals surface area contributed by atoms with Gasteiger partial charge in [0.2, 0.25) is 11.8 Å². The van der Waals surface area contributed by atoms with Crippen molar-refractivity contribution in [3.05, 3.63) is 11.8 Å². The van der Waals surface area contributed by atoms with Gasteiger partial charge >= 0.3 is 0 Å². The first-order valence-corrected chi connectivity index (χ1v) is 6.08. The summed E-state index contributed by atoms with van der Waals surface area (Å²) in [5, 5.41) is 3.22. The minimum Gasteiger partial charge on any atom is -0.481 e. The highest BCUT2D eigenvalue weighted by molar-refractivity contribution is 5.28. The summed E-state index contributed by atoms with van der Waals surface area (Å²) in [6, 6.07) is 0. The minimum absolute atomic E-state index is 0.238. The van der Waals surface area contributed by atoms with Crippen molar-refractivity contribution >= 4 is 5.95 Å². The van der Waals surface area contributed by atoms with E-state index in [-0.39, 0.29) is 5.95 Å². The summed E-state index contributed by atoms with van der Waals surface area (Å²) in [4.78, 5) is 7.61. The van der Waals surface area contributed by atoms with Gasteiger partial charge in [-0.25, -0.2) is 4.98 Å². The Morgan fingerprint density at radius 3 is 2.24 bits per heavy atom. The summed E-state index contributed by atoms with van der Waals surface area (Å²) in [7, 11) is 1.55. The predicted molar refractivity (Wildman–Crippen MR) is 71.2 cm³/mol. The first kappa shape index (κ1) is 15.6. The van der Waals surface area contributed by atoms with Crippen LogP contribution in [0.15, 0.2) is 6.20 Å². The van der Waals surface area contributed by atoms with Crippen LogP contribution in [0.25, 0.3) is 0 Å². The van der Waals surface area contributed by atoms with Gasteiger partial charge in [-0.3, -0.25) is 0 Å². The Labute approximate surface area is 104 Å². The van der Waals surface area contributed by atoms with Crippen molar-refractivity contribution < 1.29 is 4.74 Å². The lowest BCUT2D eigenvalue weighted by Crippen LogP contribution is -2.03. The van der Waals surface area contributed by atoms with Gasteiger partial charge in [-0.15, -0.1) is 0 Å². The summed E-state index contributed by atoms with van der Waals surface area (Å²) < 4.78 is 4.89. The minimum atomic E-state index is 0.238. The van der Waals surface area contributed by atoms with E-state index in [1.54, 1.807) is 13.3 Å². The van der Waals surface area contributed by atoms with E-state index in [0.29, 0.717) is 5.88 Å². The lowest BCUT2D eigenvalue weighted by atomic mass is 10.4. The average molecular weight is 240 g/mol. The zero-order chi connectivity index (χ0) is 13.1. The Kier molecular flexibility index (Phi) is 9.05. The molecule has 5 heteroatoms. The van der Waals surface area contributed by atoms with Gasteiger partial charge in [0.25, 0.3) is 0 Å². The number of anilines is 1. The molecule has 98 valence electrons. The standard InChI is InChI=1S/C6H9N3O.C4H9N.C2H6/c1-4-3-8-6(7)9-5(4)10-2;1-2-4-5-3-1;1-2/h3H,1-2H3,(H2,7,8,9);5H,1-4H2;1-2H3. The van der Waals surface area contributed by atoms with E-state index in [1.807, 2.05) is 20.8 Å². The molecule has 0 aromatic carbocycles. The molecule has 1 aromatic rings. The normalized spacial score (nSPS) is 12.9. The van der Waals surface area contributed by atoms with Crippen LogP contribution in [0.5, 0.6) is 5.88 Å². The van der Waals surface area contributed by atoms with Gasteiger partial charge in [0.15, 0.2) is 0 Å². The Hall–Kier alpha value is -1.36. The Morgan fingerprint density at radius 2 is 1.88 bits per heavy atom. The maximum Gasteiger partial charge on any atom is 0.223 e. The van der Waals surface area contributed by atoms with Crippen molar-refractivity contribution in [1.82, 2.24) is 15.3 Å². The first-order chi connectivity index (χ1) is 8.24. The van der Waals surface area contributed by atoms with Crippen LogP contribution in [0.1, 0.15) is 32.3 Å². The van der Waals surface area contributed by atoms with Crippen LogP contribution in [0.2, 0.25) is 0 Å². The molecule has 1 saturated heterocycles. The summed E-state index contributed by atoms with van der Waals surface area (Å²) in [6.45, 7) is 8.36. The van der Waals surface area contributed by atoms with Gasteiger partial charge in [0, 0.05) is 11.8 Å². The maximum absolute atomic E-state index is 5.30. The topological polar surface area (TPSA) is 73.1 Å². The molecule has 0 saturated carbocycles. The highest BCUT2D eigenvalue weighted by Crippen LogP contribution is 2.11. The Morgan fingerprint density at radius 1 is 1.29 bits per heavy atom. The van der Waals surface area contributed by atoms with Crippen LogP contribution in [0, 0.1) is 6.92 Å². The molecule has 1 aliphatic rings. The summed E-state index contributed by atoms with van der Waals surface area (Å²) in [6.07, 6.45) is 4.40. The van der Waals surface area contributed by atoms with Crippen LogP contribution < -0.4 is 15.8 Å². The summed E-state index contributed by atoms with van der Waals surface area (Å²) >= 11 is 0. The third-order valence-corrected chi connectivity index (χ3v) is 2.09. The molecule has 0 bridgehead atoms. The van der Waals surface area contributed by atoms with Crippen molar-refractivity contribution in [2.75, 3.05) is 25.9 Å². The molecule has 1 aromatic heterocycles. The monoisotopic (exact) mass is 240 g/mol. The number of nitrogen functional groups attached to an aromatic ring is 1. The second-order valence-electron chi connectivity index (χ2n) is 3.38. The van der Waals surface area contributed by atoms with Gasteiger partial charge in [-0.05, 0) is 32.9 Å². The van der Waals surface area contributed by atoms with Crippen LogP contribution in [0.4, 0.5) is 5.95 Å². The molecule has 0 atom stereocenters. The number of hydrogen-bond donors (Lipinski definition) is 2. The third-order valence-electron chi connectivity index (χ3n) is 2.09. The molecule has 0 radical (unpaired) electrons. The highest BCUT2D eigenvalue weighted by Gasteiger charge is 1.98. The highest BCUT2D eigenvalue weighted by atomic mass is 16.5. The quantitative estimate of drug-likeness (QED) is 0.782. The van der Waals surface area contributed by atoms with E-state index < -0.39 is 0 Å². The number of nitrogens with one attached hydrogen (secondary N) is 1. The molecule has 0 amide bonds. The average Bonchev–Trinajstić information content (AvgIpc) is 2.94. The molecule has 0 aliphatic carbocycles. The fourth-order valence-corrected chi connectivity index (χ4v) is 1.27. The molecule has 3 N–H and O–H groups in total. The van der Waals surface area contributed by atoms with Gasteiger partial charge in [-0.1, -0.05) is 13.8 Å². The van der Waals surface area contributed by atoms with E-state index in [1.165, 1.54) is 25.9 Å². The molecule has 1 aliphatic heterocycles. The van der Waals surface area contributed by atoms with E-state index in [4.69, 9.17) is 10.5 Å². The fraction of sp³-hybridized carbons (Fsp3) is 0.667. The summed E-state index contributed by atoms with van der Waals surface area (Å²) in [5.74, 6) is 0.773. The van der Waals surface area contributed by atoms with Gasteiger partial charge in [0.1, 0.15) is 0 Å². The number of rotatable bonds is 1. The molecule has 17 heavy (non-hydrogen) atoms. The summed E-state index contributed by atoms with van der Waals surface area (Å²) in [5.41, 5.74) is 6.19. The molecule has 2 heterocycles. The van der Waals surface area contributed by atoms with Crippen LogP contribution in [-0.4, -0.2) is 30.2 Å². The zero-order valence-corrected chi connectivity index (χ0v) is 11.3. The van der Waals surface area contributed by atoms with Crippen LogP contribution in [0.3, 0.4) is 0 Å². The van der Waals surface area contributed by atoms with Gasteiger partial charge in [0.05, 0.1) is 7.11 Å². The number of nitrogens with zero attached hydrogens (tertiary/aromatic N) is 2. The van der Waals surface area contributed by atoms with Crippen molar-refractivity contribution in [3.63, 3.8) is 0 Å². The van der Waals surface area contributed by atoms with Gasteiger partial charge < -0.3 is 15.8 Å². The first-order valence-electron chi connectivity index (χ1n) is 6.08.